The minimum Gasteiger partial charge on any atom is -0.383 e. The summed E-state index contributed by atoms with van der Waals surface area (Å²) >= 11 is 5.35. The van der Waals surface area contributed by atoms with Crippen LogP contribution in [0.1, 0.15) is 11.6 Å². The standard InChI is InChI=1S/C14H16BrN3S/c1-17-12(10-5-4-8-18-14(10)16)9-19-13-7-3-2-6-11(13)15/h2-8,12,17H,9H2,1H3,(H2,16,18). The number of nitrogen functional groups attached to an aromatic ring is 1. The Morgan fingerprint density at radius 3 is 2.79 bits per heavy atom. The number of nitrogens with two attached hydrogens (primary N) is 1. The monoisotopic (exact) mass is 337 g/mol. The van der Waals surface area contributed by atoms with Gasteiger partial charge in [0.2, 0.25) is 0 Å². The highest BCUT2D eigenvalue weighted by atomic mass is 79.9. The summed E-state index contributed by atoms with van der Waals surface area (Å²) in [5.41, 5.74) is 6.97. The second kappa shape index (κ2) is 6.93. The van der Waals surface area contributed by atoms with E-state index < -0.39 is 0 Å². The molecule has 3 nitrogen and oxygen atoms in total. The van der Waals surface area contributed by atoms with E-state index in [1.807, 2.05) is 31.3 Å². The van der Waals surface area contributed by atoms with Crippen LogP contribution in [0.3, 0.4) is 0 Å². The predicted octanol–water partition coefficient (Wildman–Crippen LogP) is 3.48. The average molecular weight is 338 g/mol. The van der Waals surface area contributed by atoms with E-state index in [-0.39, 0.29) is 6.04 Å². The lowest BCUT2D eigenvalue weighted by atomic mass is 10.1. The number of rotatable bonds is 5. The molecule has 0 aliphatic rings. The fraction of sp³-hybridized carbons (Fsp3) is 0.214. The minimum absolute atomic E-state index is 0.186. The third kappa shape index (κ3) is 3.72. The van der Waals surface area contributed by atoms with Gasteiger partial charge in [-0.25, -0.2) is 4.98 Å². The average Bonchev–Trinajstić information content (AvgIpc) is 2.43. The van der Waals surface area contributed by atoms with E-state index in [0.717, 1.165) is 15.8 Å². The van der Waals surface area contributed by atoms with Crippen LogP contribution in [0.4, 0.5) is 5.82 Å². The Bertz CT molecular complexity index is 548. The van der Waals surface area contributed by atoms with Gasteiger partial charge in [0.05, 0.1) is 0 Å². The molecule has 0 radical (unpaired) electrons. The third-order valence-electron chi connectivity index (χ3n) is 2.84. The predicted molar refractivity (Wildman–Crippen MR) is 85.3 cm³/mol. The van der Waals surface area contributed by atoms with Crippen molar-refractivity contribution in [1.29, 1.82) is 0 Å². The maximum atomic E-state index is 5.93. The van der Waals surface area contributed by atoms with E-state index in [1.54, 1.807) is 18.0 Å². The van der Waals surface area contributed by atoms with Gasteiger partial charge in [0, 0.05) is 32.9 Å². The Morgan fingerprint density at radius 1 is 1.32 bits per heavy atom. The lowest BCUT2D eigenvalue weighted by molar-refractivity contribution is 0.661. The Kier molecular flexibility index (Phi) is 5.24. The van der Waals surface area contributed by atoms with Crippen LogP contribution >= 0.6 is 27.7 Å². The highest BCUT2D eigenvalue weighted by Crippen LogP contribution is 2.31. The van der Waals surface area contributed by atoms with E-state index >= 15 is 0 Å². The fourth-order valence-electron chi connectivity index (χ4n) is 1.79. The first-order valence-corrected chi connectivity index (χ1v) is 7.75. The fourth-order valence-corrected chi connectivity index (χ4v) is 3.49. The molecule has 1 aromatic heterocycles. The number of hydrogen-bond acceptors (Lipinski definition) is 4. The van der Waals surface area contributed by atoms with Gasteiger partial charge in [0.15, 0.2) is 0 Å². The van der Waals surface area contributed by atoms with E-state index in [4.69, 9.17) is 5.73 Å². The topological polar surface area (TPSA) is 50.9 Å². The second-order valence-electron chi connectivity index (χ2n) is 4.06. The van der Waals surface area contributed by atoms with Crippen molar-refractivity contribution in [3.8, 4) is 0 Å². The molecule has 1 aromatic carbocycles. The number of aromatic nitrogens is 1. The molecule has 1 atom stereocenters. The summed E-state index contributed by atoms with van der Waals surface area (Å²) in [4.78, 5) is 5.37. The number of benzene rings is 1. The molecule has 0 bridgehead atoms. The number of thioether (sulfide) groups is 1. The number of nitrogens with one attached hydrogen (secondary N) is 1. The number of anilines is 1. The summed E-state index contributed by atoms with van der Waals surface area (Å²) < 4.78 is 1.12. The van der Waals surface area contributed by atoms with Gasteiger partial charge in [-0.3, -0.25) is 0 Å². The minimum atomic E-state index is 0.186. The van der Waals surface area contributed by atoms with Crippen LogP contribution in [0.2, 0.25) is 0 Å². The lowest BCUT2D eigenvalue weighted by Gasteiger charge is -2.17. The number of halogens is 1. The molecule has 0 amide bonds. The molecule has 2 rings (SSSR count). The van der Waals surface area contributed by atoms with Gasteiger partial charge in [-0.1, -0.05) is 18.2 Å². The van der Waals surface area contributed by atoms with Crippen molar-refractivity contribution in [2.45, 2.75) is 10.9 Å². The molecule has 5 heteroatoms. The second-order valence-corrected chi connectivity index (χ2v) is 5.98. The number of pyridine rings is 1. The zero-order valence-corrected chi connectivity index (χ0v) is 13.0. The lowest BCUT2D eigenvalue weighted by Crippen LogP contribution is -2.20. The van der Waals surface area contributed by atoms with Crippen molar-refractivity contribution in [3.63, 3.8) is 0 Å². The first kappa shape index (κ1) is 14.4. The van der Waals surface area contributed by atoms with Gasteiger partial charge in [0.25, 0.3) is 0 Å². The molecule has 0 fully saturated rings. The quantitative estimate of drug-likeness (QED) is 0.820. The first-order chi connectivity index (χ1) is 9.22. The molecular weight excluding hydrogens is 322 g/mol. The third-order valence-corrected chi connectivity index (χ3v) is 4.96. The zero-order chi connectivity index (χ0) is 13.7. The molecule has 0 saturated carbocycles. The van der Waals surface area contributed by atoms with Crippen LogP contribution in [-0.4, -0.2) is 17.8 Å². The van der Waals surface area contributed by atoms with Gasteiger partial charge in [-0.2, -0.15) is 0 Å². The summed E-state index contributed by atoms with van der Waals surface area (Å²) in [7, 11) is 1.94. The van der Waals surface area contributed by atoms with E-state index in [9.17, 15) is 0 Å². The van der Waals surface area contributed by atoms with Crippen molar-refractivity contribution < 1.29 is 0 Å². The highest BCUT2D eigenvalue weighted by molar-refractivity contribution is 9.10. The van der Waals surface area contributed by atoms with Crippen LogP contribution in [-0.2, 0) is 0 Å². The highest BCUT2D eigenvalue weighted by Gasteiger charge is 2.13. The van der Waals surface area contributed by atoms with Crippen molar-refractivity contribution in [1.82, 2.24) is 10.3 Å². The molecule has 1 unspecified atom stereocenters. The smallest absolute Gasteiger partial charge is 0.128 e. The zero-order valence-electron chi connectivity index (χ0n) is 10.6. The molecule has 0 aliphatic carbocycles. The van der Waals surface area contributed by atoms with Crippen LogP contribution in [0.5, 0.6) is 0 Å². The maximum Gasteiger partial charge on any atom is 0.128 e. The van der Waals surface area contributed by atoms with Crippen LogP contribution in [0.15, 0.2) is 52.0 Å². The van der Waals surface area contributed by atoms with Gasteiger partial charge in [-0.05, 0) is 41.2 Å². The summed E-state index contributed by atoms with van der Waals surface area (Å²) in [5, 5.41) is 3.29. The van der Waals surface area contributed by atoms with Gasteiger partial charge in [0.1, 0.15) is 5.82 Å². The Balaban J connectivity index is 2.09. The molecule has 0 aliphatic heterocycles. The molecule has 19 heavy (non-hydrogen) atoms. The Labute approximate surface area is 126 Å². The number of hydrogen-bond donors (Lipinski definition) is 2. The molecule has 3 N–H and O–H groups in total. The summed E-state index contributed by atoms with van der Waals surface area (Å²) in [6.07, 6.45) is 1.71. The van der Waals surface area contributed by atoms with Crippen LogP contribution in [0.25, 0.3) is 0 Å². The molecular formula is C14H16BrN3S. The van der Waals surface area contributed by atoms with Crippen LogP contribution in [0, 0.1) is 0 Å². The SMILES string of the molecule is CNC(CSc1ccccc1Br)c1cccnc1N. The Hall–Kier alpha value is -1.04. The van der Waals surface area contributed by atoms with Crippen molar-refractivity contribution in [2.75, 3.05) is 18.5 Å². The largest absolute Gasteiger partial charge is 0.383 e. The van der Waals surface area contributed by atoms with E-state index in [1.165, 1.54) is 4.90 Å². The molecule has 0 saturated heterocycles. The van der Waals surface area contributed by atoms with Crippen molar-refractivity contribution >= 4 is 33.5 Å². The normalized spacial score (nSPS) is 12.3. The Morgan fingerprint density at radius 2 is 2.11 bits per heavy atom. The summed E-state index contributed by atoms with van der Waals surface area (Å²) in [6, 6.07) is 12.3. The molecule has 0 spiro atoms. The molecule has 1 heterocycles. The van der Waals surface area contributed by atoms with Crippen LogP contribution < -0.4 is 11.1 Å². The van der Waals surface area contributed by atoms with Gasteiger partial charge >= 0.3 is 0 Å². The first-order valence-electron chi connectivity index (χ1n) is 5.97. The van der Waals surface area contributed by atoms with E-state index in [2.05, 4.69) is 38.4 Å². The summed E-state index contributed by atoms with van der Waals surface area (Å²) in [5.74, 6) is 1.49. The maximum absolute atomic E-state index is 5.93. The number of nitrogens with zero attached hydrogens (tertiary/aromatic N) is 1. The van der Waals surface area contributed by atoms with Gasteiger partial charge in [-0.15, -0.1) is 11.8 Å². The van der Waals surface area contributed by atoms with Crippen molar-refractivity contribution in [3.05, 3.63) is 52.6 Å². The molecule has 100 valence electrons. The molecule has 2 aromatic rings. The van der Waals surface area contributed by atoms with E-state index in [0.29, 0.717) is 5.82 Å². The van der Waals surface area contributed by atoms with Crippen molar-refractivity contribution in [2.24, 2.45) is 0 Å². The summed E-state index contributed by atoms with van der Waals surface area (Å²) in [6.45, 7) is 0. The van der Waals surface area contributed by atoms with Gasteiger partial charge < -0.3 is 11.1 Å².